The zero-order valence-corrected chi connectivity index (χ0v) is 60.8. The van der Waals surface area contributed by atoms with Crippen molar-refractivity contribution in [2.45, 2.75) is 10.8 Å². The molecule has 15 aromatic carbocycles. The van der Waals surface area contributed by atoms with Crippen molar-refractivity contribution in [1.82, 2.24) is 29.9 Å². The maximum Gasteiger partial charge on any atom is 0.0972 e. The van der Waals surface area contributed by atoms with Crippen molar-refractivity contribution in [3.8, 4) is 78.4 Å². The van der Waals surface area contributed by atoms with E-state index in [1.54, 1.807) is 0 Å². The molecule has 0 atom stereocenters. The van der Waals surface area contributed by atoms with Gasteiger partial charge in [-0.2, -0.15) is 0 Å². The predicted octanol–water partition coefficient (Wildman–Crippen LogP) is 26.0. The lowest BCUT2D eigenvalue weighted by Gasteiger charge is -2.34. The Balaban J connectivity index is 0.000000138. The Hall–Kier alpha value is -14.7. The molecule has 6 aromatic heterocycles. The number of nitrogens with zero attached hydrogens (tertiary/aromatic N) is 6. The second-order valence-electron chi connectivity index (χ2n) is 29.4. The maximum atomic E-state index is 5.38. The summed E-state index contributed by atoms with van der Waals surface area (Å²) < 4.78 is 0. The lowest BCUT2D eigenvalue weighted by Crippen LogP contribution is -2.28. The Bertz CT molecular complexity index is 7260. The van der Waals surface area contributed by atoms with E-state index in [2.05, 4.69) is 386 Å². The van der Waals surface area contributed by atoms with E-state index in [0.717, 1.165) is 132 Å². The van der Waals surface area contributed by atoms with Gasteiger partial charge in [-0.3, -0.25) is 9.97 Å². The predicted molar refractivity (Wildman–Crippen MR) is 461 cm³/mol. The number of hydrogen-bond acceptors (Lipinski definition) is 6. The second kappa shape index (κ2) is 26.0. The first kappa shape index (κ1) is 64.5. The van der Waals surface area contributed by atoms with Crippen molar-refractivity contribution in [3.63, 3.8) is 0 Å². The number of pyridine rings is 6. The molecule has 6 heterocycles. The third kappa shape index (κ3) is 10.1. The number of fused-ring (bicyclic) bond motifs is 18. The third-order valence-electron chi connectivity index (χ3n) is 23.5. The van der Waals surface area contributed by atoms with Gasteiger partial charge in [0, 0.05) is 77.7 Å². The molecule has 0 saturated carbocycles. The van der Waals surface area contributed by atoms with Crippen molar-refractivity contribution in [3.05, 3.63) is 445 Å². The molecule has 6 heteroatoms. The van der Waals surface area contributed by atoms with E-state index in [1.807, 2.05) is 24.5 Å². The molecular weight excluding hydrogens is 1360 g/mol. The molecule has 0 aliphatic heterocycles. The average Bonchev–Trinajstić information content (AvgIpc) is 1.54. The van der Waals surface area contributed by atoms with Crippen molar-refractivity contribution in [2.24, 2.45) is 0 Å². The highest BCUT2D eigenvalue weighted by atomic mass is 14.8. The summed E-state index contributed by atoms with van der Waals surface area (Å²) in [6, 6.07) is 140. The molecule has 0 amide bonds. The van der Waals surface area contributed by atoms with E-state index in [9.17, 15) is 0 Å². The van der Waals surface area contributed by atoms with Crippen LogP contribution in [0.25, 0.3) is 165 Å². The summed E-state index contributed by atoms with van der Waals surface area (Å²) >= 11 is 0. The zero-order valence-electron chi connectivity index (χ0n) is 60.8. The smallest absolute Gasteiger partial charge is 0.0972 e. The molecule has 0 spiro atoms. The number of benzene rings is 15. The average molecular weight is 1420 g/mol. The van der Waals surface area contributed by atoms with Crippen LogP contribution < -0.4 is 0 Å². The van der Waals surface area contributed by atoms with Gasteiger partial charge in [0.05, 0.1) is 66.7 Å². The number of para-hydroxylation sites is 2. The van der Waals surface area contributed by atoms with Crippen LogP contribution in [0.15, 0.2) is 401 Å². The Morgan fingerprint density at radius 3 is 0.902 bits per heavy atom. The van der Waals surface area contributed by atoms with Gasteiger partial charge in [-0.1, -0.05) is 328 Å². The Kier molecular flexibility index (Phi) is 15.0. The minimum atomic E-state index is -0.472. The first-order valence-corrected chi connectivity index (χ1v) is 38.3. The van der Waals surface area contributed by atoms with E-state index < -0.39 is 10.8 Å². The number of rotatable bonds is 9. The van der Waals surface area contributed by atoms with Gasteiger partial charge in [-0.05, 0) is 149 Å². The summed E-state index contributed by atoms with van der Waals surface area (Å²) in [5, 5.41) is 11.4. The van der Waals surface area contributed by atoms with E-state index in [4.69, 9.17) is 19.9 Å². The van der Waals surface area contributed by atoms with Gasteiger partial charge in [-0.25, -0.2) is 19.9 Å². The zero-order chi connectivity index (χ0) is 73.9. The Labute approximate surface area is 647 Å². The van der Waals surface area contributed by atoms with E-state index >= 15 is 0 Å². The largest absolute Gasteiger partial charge is 0.254 e. The van der Waals surface area contributed by atoms with Gasteiger partial charge < -0.3 is 0 Å². The summed E-state index contributed by atoms with van der Waals surface area (Å²) in [6.45, 7) is 0. The van der Waals surface area contributed by atoms with Crippen LogP contribution in [0.5, 0.6) is 0 Å². The van der Waals surface area contributed by atoms with Crippen LogP contribution >= 0.6 is 0 Å². The second-order valence-corrected chi connectivity index (χ2v) is 29.4. The normalized spacial score (nSPS) is 13.0. The first-order chi connectivity index (χ1) is 55.5. The molecule has 520 valence electrons. The van der Waals surface area contributed by atoms with Crippen LogP contribution in [0.1, 0.15) is 44.5 Å². The van der Waals surface area contributed by atoms with Crippen molar-refractivity contribution >= 4 is 87.0 Å². The molecule has 6 nitrogen and oxygen atoms in total. The van der Waals surface area contributed by atoms with Crippen molar-refractivity contribution < 1.29 is 0 Å². The fourth-order valence-corrected chi connectivity index (χ4v) is 18.4. The topological polar surface area (TPSA) is 77.3 Å². The van der Waals surface area contributed by atoms with E-state index in [-0.39, 0.29) is 0 Å². The molecule has 0 fully saturated rings. The molecule has 112 heavy (non-hydrogen) atoms. The van der Waals surface area contributed by atoms with Crippen LogP contribution in [-0.4, -0.2) is 29.9 Å². The lowest BCUT2D eigenvalue weighted by molar-refractivity contribution is 0.769. The molecule has 21 aromatic rings. The summed E-state index contributed by atoms with van der Waals surface area (Å²) in [7, 11) is 0. The molecule has 0 unspecified atom stereocenters. The summed E-state index contributed by atoms with van der Waals surface area (Å²) in [4.78, 5) is 30.2. The van der Waals surface area contributed by atoms with Gasteiger partial charge >= 0.3 is 0 Å². The van der Waals surface area contributed by atoms with Gasteiger partial charge in [-0.15, -0.1) is 0 Å². The monoisotopic (exact) mass is 1420 g/mol. The summed E-state index contributed by atoms with van der Waals surface area (Å²) in [5.74, 6) is 0. The summed E-state index contributed by atoms with van der Waals surface area (Å²) in [5.41, 5.74) is 30.4. The van der Waals surface area contributed by atoms with E-state index in [1.165, 1.54) is 77.5 Å². The molecule has 0 bridgehead atoms. The highest BCUT2D eigenvalue weighted by Crippen LogP contribution is 2.60. The SMILES string of the molecule is c1ccc(C2(c3ccccc3)c3ccccc3-c3cc4c(-c5ccc(-c6ccc(-c7ccc8ccc9cccnc9c8n7)cc6)cc5)nc5ccccc5c4cc32)cc1.c1ccc(C2(c3ccccc3)c3ccccc3-c3cc4c(-c5ccc(-c6ccc7ccc8cccnc8c7n6)cc5)nc5ccccc5c4cc32)cc1. The van der Waals surface area contributed by atoms with Crippen LogP contribution in [-0.2, 0) is 10.8 Å². The highest BCUT2D eigenvalue weighted by molar-refractivity contribution is 6.16. The summed E-state index contributed by atoms with van der Waals surface area (Å²) in [6.07, 6.45) is 3.67. The van der Waals surface area contributed by atoms with E-state index in [0.29, 0.717) is 0 Å². The van der Waals surface area contributed by atoms with Crippen molar-refractivity contribution in [1.29, 1.82) is 0 Å². The van der Waals surface area contributed by atoms with Crippen LogP contribution in [0.4, 0.5) is 0 Å². The first-order valence-electron chi connectivity index (χ1n) is 38.3. The van der Waals surface area contributed by atoms with Gasteiger partial charge in [0.25, 0.3) is 0 Å². The Morgan fingerprint density at radius 1 is 0.188 bits per heavy atom. The molecule has 23 rings (SSSR count). The Morgan fingerprint density at radius 2 is 0.509 bits per heavy atom. The maximum absolute atomic E-state index is 5.38. The fourth-order valence-electron chi connectivity index (χ4n) is 18.4. The number of aromatic nitrogens is 6. The molecule has 0 radical (unpaired) electrons. The molecule has 2 aliphatic carbocycles. The van der Waals surface area contributed by atoms with Gasteiger partial charge in [0.1, 0.15) is 0 Å². The van der Waals surface area contributed by atoms with Crippen LogP contribution in [0, 0.1) is 0 Å². The minimum absolute atomic E-state index is 0.470. The third-order valence-corrected chi connectivity index (χ3v) is 23.5. The van der Waals surface area contributed by atoms with Crippen LogP contribution in [0.3, 0.4) is 0 Å². The lowest BCUT2D eigenvalue weighted by atomic mass is 9.67. The number of hydrogen-bond donors (Lipinski definition) is 0. The molecule has 2 aliphatic rings. The molecular formula is C106H66N6. The minimum Gasteiger partial charge on any atom is -0.254 e. The highest BCUT2D eigenvalue weighted by Gasteiger charge is 2.48. The molecule has 0 N–H and O–H groups in total. The quantitative estimate of drug-likeness (QED) is 0.134. The van der Waals surface area contributed by atoms with Crippen molar-refractivity contribution in [2.75, 3.05) is 0 Å². The van der Waals surface area contributed by atoms with Crippen LogP contribution in [0.2, 0.25) is 0 Å². The van der Waals surface area contributed by atoms with Gasteiger partial charge in [0.15, 0.2) is 0 Å². The molecule has 0 saturated heterocycles. The van der Waals surface area contributed by atoms with Gasteiger partial charge in [0.2, 0.25) is 0 Å². The fraction of sp³-hybridized carbons (Fsp3) is 0.0189. The standard InChI is InChI=1S/C56H35N3.C50H31N3/c1-3-13-42(14-4-1)56(43-15-5-2-6-16-43)49-19-9-7-17-44(49)47-34-48-46(35-50(47)56)45-18-8-10-20-52(45)59-53(48)40-27-23-37(24-28-40)36-21-25-38(26-22-36)51-32-31-41-30-29-39-12-11-33-57-54(39)55(41)58-51;1-3-13-36(14-4-1)50(37-15-5-2-6-16-37)43-19-9-7-17-38(43)41-30-42-40(31-44(41)50)39-18-8-10-20-46(39)53-47(42)34-23-21-32(22-24-34)45-28-27-35-26-25-33-12-11-29-51-48(33)49(35)52-45/h1-35H;1-31H.